The predicted octanol–water partition coefficient (Wildman–Crippen LogP) is 2.24. The van der Waals surface area contributed by atoms with Gasteiger partial charge < -0.3 is 5.32 Å². The van der Waals surface area contributed by atoms with Crippen molar-refractivity contribution in [3.05, 3.63) is 16.5 Å². The van der Waals surface area contributed by atoms with Crippen LogP contribution in [-0.2, 0) is 16.6 Å². The van der Waals surface area contributed by atoms with E-state index in [1.807, 2.05) is 13.8 Å². The maximum Gasteiger partial charge on any atom is 0.250 e. The molecule has 0 atom stereocenters. The summed E-state index contributed by atoms with van der Waals surface area (Å²) in [6.45, 7) is 9.25. The molecular formula is C12H22N2O2S2. The van der Waals surface area contributed by atoms with Gasteiger partial charge in [-0.3, -0.25) is 0 Å². The number of hydrogen-bond acceptors (Lipinski definition) is 4. The lowest BCUT2D eigenvalue weighted by atomic mass is 10.3. The number of aryl methyl sites for hydroxylation is 1. The molecule has 1 rings (SSSR count). The quantitative estimate of drug-likeness (QED) is 0.809. The molecule has 0 aliphatic rings. The van der Waals surface area contributed by atoms with Crippen molar-refractivity contribution in [2.45, 2.75) is 50.9 Å². The first-order valence-corrected chi connectivity index (χ1v) is 8.49. The topological polar surface area (TPSA) is 58.2 Å². The van der Waals surface area contributed by atoms with Gasteiger partial charge in [0.1, 0.15) is 4.21 Å². The van der Waals surface area contributed by atoms with E-state index in [0.29, 0.717) is 16.8 Å². The molecule has 0 aliphatic carbocycles. The van der Waals surface area contributed by atoms with Crippen LogP contribution in [0.5, 0.6) is 0 Å². The fourth-order valence-corrected chi connectivity index (χ4v) is 4.12. The van der Waals surface area contributed by atoms with Gasteiger partial charge in [-0.05, 0) is 25.0 Å². The second-order valence-corrected chi connectivity index (χ2v) is 7.74. The van der Waals surface area contributed by atoms with Gasteiger partial charge in [0.25, 0.3) is 0 Å². The van der Waals surface area contributed by atoms with Crippen LogP contribution < -0.4 is 10.0 Å². The zero-order valence-corrected chi connectivity index (χ0v) is 13.0. The number of hydrogen-bond donors (Lipinski definition) is 2. The van der Waals surface area contributed by atoms with E-state index in [4.69, 9.17) is 0 Å². The summed E-state index contributed by atoms with van der Waals surface area (Å²) in [7, 11) is -3.32. The zero-order chi connectivity index (χ0) is 13.8. The van der Waals surface area contributed by atoms with Crippen molar-refractivity contribution in [2.24, 2.45) is 0 Å². The summed E-state index contributed by atoms with van der Waals surface area (Å²) >= 11 is 1.35. The van der Waals surface area contributed by atoms with Gasteiger partial charge in [-0.15, -0.1) is 11.3 Å². The minimum atomic E-state index is -3.32. The molecule has 4 nitrogen and oxygen atoms in total. The molecule has 0 fully saturated rings. The lowest BCUT2D eigenvalue weighted by Crippen LogP contribution is -2.23. The van der Waals surface area contributed by atoms with Gasteiger partial charge in [0.05, 0.1) is 0 Å². The lowest BCUT2D eigenvalue weighted by Gasteiger charge is -2.06. The molecule has 0 radical (unpaired) electrons. The van der Waals surface area contributed by atoms with Crippen LogP contribution in [0.1, 0.15) is 37.6 Å². The standard InChI is InChI=1S/C12H22N2O2S2/c1-5-6-14-18(15,16)12-7-10(4)11(17-12)8-13-9(2)3/h7,9,13-14H,5-6,8H2,1-4H3. The van der Waals surface area contributed by atoms with E-state index in [0.717, 1.165) is 23.4 Å². The summed E-state index contributed by atoms with van der Waals surface area (Å²) in [5.74, 6) is 0. The molecule has 6 heteroatoms. The van der Waals surface area contributed by atoms with Crippen LogP contribution in [-0.4, -0.2) is 21.0 Å². The molecular weight excluding hydrogens is 268 g/mol. The minimum absolute atomic E-state index is 0.393. The second kappa shape index (κ2) is 6.65. The van der Waals surface area contributed by atoms with Gasteiger partial charge in [0.2, 0.25) is 10.0 Å². The van der Waals surface area contributed by atoms with Gasteiger partial charge in [0, 0.05) is 24.0 Å². The van der Waals surface area contributed by atoms with Crippen LogP contribution in [0, 0.1) is 6.92 Å². The Bertz CT molecular complexity index is 478. The maximum atomic E-state index is 12.0. The molecule has 1 heterocycles. The van der Waals surface area contributed by atoms with Crippen LogP contribution in [0.2, 0.25) is 0 Å². The fraction of sp³-hybridized carbons (Fsp3) is 0.667. The highest BCUT2D eigenvalue weighted by Crippen LogP contribution is 2.25. The van der Waals surface area contributed by atoms with E-state index in [1.54, 1.807) is 6.07 Å². The Morgan fingerprint density at radius 3 is 2.61 bits per heavy atom. The summed E-state index contributed by atoms with van der Waals surface area (Å²) in [6, 6.07) is 2.14. The highest BCUT2D eigenvalue weighted by molar-refractivity contribution is 7.91. The van der Waals surface area contributed by atoms with Gasteiger partial charge >= 0.3 is 0 Å². The molecule has 2 N–H and O–H groups in total. The normalized spacial score (nSPS) is 12.3. The van der Waals surface area contributed by atoms with Gasteiger partial charge in [-0.1, -0.05) is 20.8 Å². The largest absolute Gasteiger partial charge is 0.310 e. The molecule has 0 amide bonds. The van der Waals surface area contributed by atoms with E-state index < -0.39 is 10.0 Å². The van der Waals surface area contributed by atoms with Crippen LogP contribution in [0.4, 0.5) is 0 Å². The lowest BCUT2D eigenvalue weighted by molar-refractivity contribution is 0.583. The summed E-state index contributed by atoms with van der Waals surface area (Å²) in [6.07, 6.45) is 0.797. The average molecular weight is 290 g/mol. The Balaban J connectivity index is 2.83. The van der Waals surface area contributed by atoms with Crippen molar-refractivity contribution in [3.63, 3.8) is 0 Å². The third-order valence-corrected chi connectivity index (χ3v) is 5.65. The van der Waals surface area contributed by atoms with E-state index in [-0.39, 0.29) is 0 Å². The van der Waals surface area contributed by atoms with Crippen LogP contribution in [0.15, 0.2) is 10.3 Å². The summed E-state index contributed by atoms with van der Waals surface area (Å²) < 4.78 is 27.0. The Kier molecular flexibility index (Phi) is 5.78. The molecule has 0 saturated heterocycles. The first-order chi connectivity index (χ1) is 8.36. The van der Waals surface area contributed by atoms with Crippen LogP contribution in [0.3, 0.4) is 0 Å². The number of rotatable bonds is 7. The van der Waals surface area contributed by atoms with Gasteiger partial charge in [-0.2, -0.15) is 0 Å². The predicted molar refractivity (Wildman–Crippen MR) is 76.5 cm³/mol. The summed E-state index contributed by atoms with van der Waals surface area (Å²) in [4.78, 5) is 1.08. The SMILES string of the molecule is CCCNS(=O)(=O)c1cc(C)c(CNC(C)C)s1. The van der Waals surface area contributed by atoms with Crippen molar-refractivity contribution < 1.29 is 8.42 Å². The minimum Gasteiger partial charge on any atom is -0.310 e. The Labute approximate surface area is 114 Å². The van der Waals surface area contributed by atoms with E-state index in [1.165, 1.54) is 11.3 Å². The Morgan fingerprint density at radius 1 is 1.39 bits per heavy atom. The van der Waals surface area contributed by atoms with Gasteiger partial charge in [-0.25, -0.2) is 13.1 Å². The molecule has 0 spiro atoms. The van der Waals surface area contributed by atoms with Crippen molar-refractivity contribution in [2.75, 3.05) is 6.54 Å². The maximum absolute atomic E-state index is 12.0. The van der Waals surface area contributed by atoms with Crippen LogP contribution in [0.25, 0.3) is 0 Å². The average Bonchev–Trinajstić information content (AvgIpc) is 2.66. The third-order valence-electron chi connectivity index (χ3n) is 2.48. The Morgan fingerprint density at radius 2 is 2.06 bits per heavy atom. The first-order valence-electron chi connectivity index (χ1n) is 6.19. The van der Waals surface area contributed by atoms with Crippen molar-refractivity contribution in [1.29, 1.82) is 0 Å². The summed E-state index contributed by atoms with van der Waals surface area (Å²) in [5, 5.41) is 3.31. The molecule has 104 valence electrons. The van der Waals surface area contributed by atoms with Crippen molar-refractivity contribution in [1.82, 2.24) is 10.0 Å². The number of nitrogens with one attached hydrogen (secondary N) is 2. The van der Waals surface area contributed by atoms with Gasteiger partial charge in [0.15, 0.2) is 0 Å². The Hall–Kier alpha value is -0.430. The molecule has 1 aromatic rings. The molecule has 1 aromatic heterocycles. The number of sulfonamides is 1. The molecule has 0 unspecified atom stereocenters. The molecule has 18 heavy (non-hydrogen) atoms. The first kappa shape index (κ1) is 15.6. The summed E-state index contributed by atoms with van der Waals surface area (Å²) in [5.41, 5.74) is 1.03. The second-order valence-electron chi connectivity index (χ2n) is 4.61. The third kappa shape index (κ3) is 4.35. The van der Waals surface area contributed by atoms with Crippen molar-refractivity contribution in [3.8, 4) is 0 Å². The van der Waals surface area contributed by atoms with E-state index in [2.05, 4.69) is 23.9 Å². The molecule has 0 aliphatic heterocycles. The van der Waals surface area contributed by atoms with E-state index >= 15 is 0 Å². The van der Waals surface area contributed by atoms with Crippen LogP contribution >= 0.6 is 11.3 Å². The number of thiophene rings is 1. The highest BCUT2D eigenvalue weighted by atomic mass is 32.2. The zero-order valence-electron chi connectivity index (χ0n) is 11.4. The van der Waals surface area contributed by atoms with Crippen molar-refractivity contribution >= 4 is 21.4 Å². The highest BCUT2D eigenvalue weighted by Gasteiger charge is 2.18. The molecule has 0 aromatic carbocycles. The smallest absolute Gasteiger partial charge is 0.250 e. The molecule has 0 saturated carbocycles. The molecule has 0 bridgehead atoms. The monoisotopic (exact) mass is 290 g/mol. The van der Waals surface area contributed by atoms with E-state index in [9.17, 15) is 8.42 Å². The fourth-order valence-electron chi connectivity index (χ4n) is 1.40.